The molecule has 0 N–H and O–H groups in total. The molecule has 1 fully saturated rings. The monoisotopic (exact) mass is 368 g/mol. The quantitative estimate of drug-likeness (QED) is 0.813. The van der Waals surface area contributed by atoms with Crippen LogP contribution in [-0.2, 0) is 11.3 Å². The van der Waals surface area contributed by atoms with Gasteiger partial charge in [0.05, 0.1) is 13.7 Å². The number of piperazine rings is 1. The number of hydrogen-bond acceptors (Lipinski definition) is 4. The molecule has 0 bridgehead atoms. The van der Waals surface area contributed by atoms with Crippen molar-refractivity contribution in [2.75, 3.05) is 40.4 Å². The van der Waals surface area contributed by atoms with Crippen LogP contribution in [0.1, 0.15) is 26.3 Å². The normalized spacial score (nSPS) is 14.1. The molecule has 27 heavy (non-hydrogen) atoms. The average Bonchev–Trinajstić information content (AvgIpc) is 2.73. The van der Waals surface area contributed by atoms with Crippen molar-refractivity contribution in [1.29, 1.82) is 0 Å². The van der Waals surface area contributed by atoms with Crippen molar-refractivity contribution in [3.63, 3.8) is 0 Å². The van der Waals surface area contributed by atoms with Crippen LogP contribution in [-0.4, -0.2) is 62.0 Å². The number of methoxy groups -OCH3 is 2. The fourth-order valence-electron chi connectivity index (χ4n) is 3.19. The van der Waals surface area contributed by atoms with E-state index in [2.05, 4.69) is 0 Å². The van der Waals surface area contributed by atoms with Gasteiger partial charge in [-0.2, -0.15) is 0 Å². The molecule has 0 radical (unpaired) electrons. The van der Waals surface area contributed by atoms with Crippen molar-refractivity contribution in [2.24, 2.45) is 0 Å². The molecule has 0 spiro atoms. The van der Waals surface area contributed by atoms with Crippen LogP contribution in [0.4, 0.5) is 0 Å². The second-order valence-electron chi connectivity index (χ2n) is 6.45. The minimum atomic E-state index is -0.0388. The Morgan fingerprint density at radius 2 is 1.41 bits per heavy atom. The van der Waals surface area contributed by atoms with Crippen molar-refractivity contribution < 1.29 is 19.1 Å². The lowest BCUT2D eigenvalue weighted by Gasteiger charge is -2.35. The molecule has 2 amide bonds. The molecule has 0 aromatic heterocycles. The predicted octanol–water partition coefficient (Wildman–Crippen LogP) is 2.44. The van der Waals surface area contributed by atoms with Gasteiger partial charge in [0.2, 0.25) is 0 Å². The summed E-state index contributed by atoms with van der Waals surface area (Å²) < 4.78 is 10.3. The Morgan fingerprint density at radius 1 is 0.852 bits per heavy atom. The summed E-state index contributed by atoms with van der Waals surface area (Å²) in [7, 11) is 3.21. The van der Waals surface area contributed by atoms with E-state index < -0.39 is 0 Å². The summed E-state index contributed by atoms with van der Waals surface area (Å²) in [4.78, 5) is 29.0. The van der Waals surface area contributed by atoms with Gasteiger partial charge in [0.1, 0.15) is 5.75 Å². The molecule has 1 saturated heterocycles. The van der Waals surface area contributed by atoms with Crippen molar-refractivity contribution in [2.45, 2.75) is 6.61 Å². The number of ether oxygens (including phenoxy) is 2. The smallest absolute Gasteiger partial charge is 0.254 e. The van der Waals surface area contributed by atoms with E-state index in [0.717, 1.165) is 5.56 Å². The van der Waals surface area contributed by atoms with Crippen LogP contribution in [0.2, 0.25) is 0 Å². The van der Waals surface area contributed by atoms with Gasteiger partial charge in [-0.25, -0.2) is 0 Å². The summed E-state index contributed by atoms with van der Waals surface area (Å²) in [5, 5.41) is 0. The summed E-state index contributed by atoms with van der Waals surface area (Å²) in [5.74, 6) is 0.607. The number of amides is 2. The van der Waals surface area contributed by atoms with E-state index in [1.54, 1.807) is 42.2 Å². The third kappa shape index (κ3) is 4.46. The molecule has 2 aromatic carbocycles. The SMILES string of the molecule is COCc1cccc(C(=O)N2CCN(C(=O)c3cccc(OC)c3)CC2)c1. The number of hydrogen-bond donors (Lipinski definition) is 0. The van der Waals surface area contributed by atoms with Crippen LogP contribution >= 0.6 is 0 Å². The minimum absolute atomic E-state index is 0.0126. The highest BCUT2D eigenvalue weighted by Gasteiger charge is 2.25. The number of benzene rings is 2. The topological polar surface area (TPSA) is 59.1 Å². The average molecular weight is 368 g/mol. The third-order valence-electron chi connectivity index (χ3n) is 4.66. The van der Waals surface area contributed by atoms with Gasteiger partial charge in [-0.1, -0.05) is 18.2 Å². The number of carbonyl (C=O) groups is 2. The van der Waals surface area contributed by atoms with Crippen LogP contribution in [0, 0.1) is 0 Å². The number of rotatable bonds is 5. The van der Waals surface area contributed by atoms with Gasteiger partial charge in [0.15, 0.2) is 0 Å². The Kier molecular flexibility index (Phi) is 6.08. The standard InChI is InChI=1S/C21H24N2O4/c1-26-15-16-5-3-6-17(13-16)20(24)22-9-11-23(12-10-22)21(25)18-7-4-8-19(14-18)27-2/h3-8,13-14H,9-12,15H2,1-2H3. The van der Waals surface area contributed by atoms with Crippen LogP contribution in [0.5, 0.6) is 5.75 Å². The van der Waals surface area contributed by atoms with E-state index in [9.17, 15) is 9.59 Å². The Morgan fingerprint density at radius 3 is 1.96 bits per heavy atom. The van der Waals surface area contributed by atoms with Crippen molar-refractivity contribution in [3.05, 3.63) is 65.2 Å². The van der Waals surface area contributed by atoms with Gasteiger partial charge in [0, 0.05) is 44.4 Å². The first-order chi connectivity index (χ1) is 13.1. The van der Waals surface area contributed by atoms with Gasteiger partial charge in [-0.05, 0) is 35.9 Å². The molecule has 6 nitrogen and oxygen atoms in total. The highest BCUT2D eigenvalue weighted by atomic mass is 16.5. The fourth-order valence-corrected chi connectivity index (χ4v) is 3.19. The second kappa shape index (κ2) is 8.68. The lowest BCUT2D eigenvalue weighted by molar-refractivity contribution is 0.0535. The summed E-state index contributed by atoms with van der Waals surface area (Å²) in [5.41, 5.74) is 2.22. The number of carbonyl (C=O) groups excluding carboxylic acids is 2. The van der Waals surface area contributed by atoms with Gasteiger partial charge in [-0.3, -0.25) is 9.59 Å². The largest absolute Gasteiger partial charge is 0.497 e. The Labute approximate surface area is 159 Å². The highest BCUT2D eigenvalue weighted by molar-refractivity contribution is 5.96. The predicted molar refractivity (Wildman–Crippen MR) is 102 cm³/mol. The number of nitrogens with zero attached hydrogens (tertiary/aromatic N) is 2. The van der Waals surface area contributed by atoms with Crippen molar-refractivity contribution in [3.8, 4) is 5.75 Å². The first-order valence-electron chi connectivity index (χ1n) is 8.93. The van der Waals surface area contributed by atoms with E-state index in [1.807, 2.05) is 30.3 Å². The molecule has 1 heterocycles. The fraction of sp³-hybridized carbons (Fsp3) is 0.333. The lowest BCUT2D eigenvalue weighted by atomic mass is 10.1. The van der Waals surface area contributed by atoms with E-state index in [4.69, 9.17) is 9.47 Å². The molecule has 0 unspecified atom stereocenters. The molecule has 142 valence electrons. The Hall–Kier alpha value is -2.86. The van der Waals surface area contributed by atoms with Crippen molar-refractivity contribution >= 4 is 11.8 Å². The third-order valence-corrected chi connectivity index (χ3v) is 4.66. The molecule has 0 saturated carbocycles. The molecule has 3 rings (SSSR count). The van der Waals surface area contributed by atoms with E-state index in [0.29, 0.717) is 49.7 Å². The van der Waals surface area contributed by atoms with Gasteiger partial charge in [0.25, 0.3) is 11.8 Å². The first-order valence-corrected chi connectivity index (χ1v) is 8.93. The summed E-state index contributed by atoms with van der Waals surface area (Å²) in [6.07, 6.45) is 0. The van der Waals surface area contributed by atoms with Gasteiger partial charge < -0.3 is 19.3 Å². The van der Waals surface area contributed by atoms with Crippen LogP contribution in [0.15, 0.2) is 48.5 Å². The molecule has 6 heteroatoms. The molecule has 1 aliphatic rings. The minimum Gasteiger partial charge on any atom is -0.497 e. The molecule has 0 aliphatic carbocycles. The maximum atomic E-state index is 12.8. The van der Waals surface area contributed by atoms with Gasteiger partial charge in [-0.15, -0.1) is 0 Å². The Balaban J connectivity index is 1.62. The van der Waals surface area contributed by atoms with Crippen molar-refractivity contribution in [1.82, 2.24) is 9.80 Å². The first kappa shape index (κ1) is 18.9. The van der Waals surface area contributed by atoms with Crippen LogP contribution < -0.4 is 4.74 Å². The molecule has 2 aromatic rings. The summed E-state index contributed by atoms with van der Waals surface area (Å²) in [6, 6.07) is 14.6. The summed E-state index contributed by atoms with van der Waals surface area (Å²) >= 11 is 0. The lowest BCUT2D eigenvalue weighted by Crippen LogP contribution is -2.50. The molecule has 0 atom stereocenters. The summed E-state index contributed by atoms with van der Waals surface area (Å²) in [6.45, 7) is 2.54. The molecule has 1 aliphatic heterocycles. The highest BCUT2D eigenvalue weighted by Crippen LogP contribution is 2.17. The van der Waals surface area contributed by atoms with E-state index in [1.165, 1.54) is 0 Å². The maximum Gasteiger partial charge on any atom is 0.254 e. The zero-order valence-corrected chi connectivity index (χ0v) is 15.7. The van der Waals surface area contributed by atoms with Crippen LogP contribution in [0.25, 0.3) is 0 Å². The zero-order chi connectivity index (χ0) is 19.2. The molecular formula is C21H24N2O4. The Bertz CT molecular complexity index is 813. The molecular weight excluding hydrogens is 344 g/mol. The van der Waals surface area contributed by atoms with E-state index >= 15 is 0 Å². The van der Waals surface area contributed by atoms with Gasteiger partial charge >= 0.3 is 0 Å². The zero-order valence-electron chi connectivity index (χ0n) is 15.7. The maximum absolute atomic E-state index is 12.8. The second-order valence-corrected chi connectivity index (χ2v) is 6.45. The van der Waals surface area contributed by atoms with E-state index in [-0.39, 0.29) is 11.8 Å². The van der Waals surface area contributed by atoms with Crippen LogP contribution in [0.3, 0.4) is 0 Å².